The summed E-state index contributed by atoms with van der Waals surface area (Å²) in [5.74, 6) is 0.784. The SMILES string of the molecule is CC1(C)CCC(Cn2ncc(NCC3CC3)cc2=O)O1. The van der Waals surface area contributed by atoms with Gasteiger partial charge in [0.05, 0.1) is 30.1 Å². The van der Waals surface area contributed by atoms with E-state index in [-0.39, 0.29) is 17.3 Å². The number of anilines is 1. The van der Waals surface area contributed by atoms with E-state index in [2.05, 4.69) is 24.3 Å². The van der Waals surface area contributed by atoms with Crippen molar-refractivity contribution in [3.8, 4) is 0 Å². The van der Waals surface area contributed by atoms with Crippen LogP contribution in [0.25, 0.3) is 0 Å². The Kier molecular flexibility index (Phi) is 3.54. The number of nitrogens with zero attached hydrogens (tertiary/aromatic N) is 2. The second-order valence-electron chi connectivity index (χ2n) is 6.63. The maximum atomic E-state index is 12.1. The number of hydrogen-bond donors (Lipinski definition) is 1. The highest BCUT2D eigenvalue weighted by Crippen LogP contribution is 2.30. The van der Waals surface area contributed by atoms with E-state index in [4.69, 9.17) is 4.74 Å². The van der Waals surface area contributed by atoms with Crippen LogP contribution in [0, 0.1) is 5.92 Å². The molecular weight excluding hydrogens is 254 g/mol. The number of nitrogens with one attached hydrogen (secondary N) is 1. The molecule has 0 aromatic carbocycles. The van der Waals surface area contributed by atoms with E-state index in [0.717, 1.165) is 31.0 Å². The first-order chi connectivity index (χ1) is 9.52. The largest absolute Gasteiger partial charge is 0.383 e. The van der Waals surface area contributed by atoms with E-state index in [9.17, 15) is 4.79 Å². The van der Waals surface area contributed by atoms with Crippen LogP contribution >= 0.6 is 0 Å². The molecule has 2 aliphatic rings. The number of hydrogen-bond acceptors (Lipinski definition) is 4. The molecule has 1 N–H and O–H groups in total. The van der Waals surface area contributed by atoms with E-state index in [1.54, 1.807) is 12.3 Å². The molecule has 2 heterocycles. The van der Waals surface area contributed by atoms with E-state index < -0.39 is 0 Å². The average Bonchev–Trinajstić information content (AvgIpc) is 3.15. The van der Waals surface area contributed by atoms with Crippen LogP contribution in [0.5, 0.6) is 0 Å². The van der Waals surface area contributed by atoms with Crippen molar-refractivity contribution in [3.05, 3.63) is 22.6 Å². The van der Waals surface area contributed by atoms with Gasteiger partial charge in [0.1, 0.15) is 0 Å². The second kappa shape index (κ2) is 5.20. The standard InChI is InChI=1S/C15H23N3O2/c1-15(2)6-5-13(20-15)10-18-14(19)7-12(9-17-18)16-8-11-3-4-11/h7,9,11,13,16H,3-6,8,10H2,1-2H3. The molecule has 0 amide bonds. The Morgan fingerprint density at radius 1 is 1.45 bits per heavy atom. The minimum atomic E-state index is -0.0694. The summed E-state index contributed by atoms with van der Waals surface area (Å²) in [4.78, 5) is 12.1. The molecule has 2 fully saturated rings. The van der Waals surface area contributed by atoms with E-state index >= 15 is 0 Å². The molecule has 3 rings (SSSR count). The highest BCUT2D eigenvalue weighted by molar-refractivity contribution is 5.38. The number of rotatable bonds is 5. The van der Waals surface area contributed by atoms with Gasteiger partial charge < -0.3 is 10.1 Å². The molecule has 1 unspecified atom stereocenters. The third-order valence-electron chi connectivity index (χ3n) is 4.09. The lowest BCUT2D eigenvalue weighted by Gasteiger charge is -2.19. The molecule has 1 atom stereocenters. The summed E-state index contributed by atoms with van der Waals surface area (Å²) >= 11 is 0. The summed E-state index contributed by atoms with van der Waals surface area (Å²) in [6, 6.07) is 1.63. The molecule has 20 heavy (non-hydrogen) atoms. The molecule has 1 aromatic rings. The van der Waals surface area contributed by atoms with Crippen LogP contribution in [0.15, 0.2) is 17.1 Å². The Labute approximate surface area is 119 Å². The molecule has 0 bridgehead atoms. The summed E-state index contributed by atoms with van der Waals surface area (Å²) in [6.07, 6.45) is 6.46. The molecule has 0 radical (unpaired) electrons. The van der Waals surface area contributed by atoms with Crippen molar-refractivity contribution in [3.63, 3.8) is 0 Å². The van der Waals surface area contributed by atoms with Crippen LogP contribution in [-0.2, 0) is 11.3 Å². The zero-order valence-electron chi connectivity index (χ0n) is 12.3. The van der Waals surface area contributed by atoms with Crippen LogP contribution in [0.1, 0.15) is 39.5 Å². The van der Waals surface area contributed by atoms with Crippen molar-refractivity contribution in [2.45, 2.75) is 57.8 Å². The van der Waals surface area contributed by atoms with Gasteiger partial charge in [-0.3, -0.25) is 4.79 Å². The summed E-state index contributed by atoms with van der Waals surface area (Å²) in [6.45, 7) is 5.68. The zero-order valence-corrected chi connectivity index (χ0v) is 12.3. The maximum absolute atomic E-state index is 12.1. The lowest BCUT2D eigenvalue weighted by molar-refractivity contribution is -0.0235. The van der Waals surface area contributed by atoms with Gasteiger partial charge in [-0.15, -0.1) is 0 Å². The minimum absolute atomic E-state index is 0.0564. The van der Waals surface area contributed by atoms with Gasteiger partial charge in [-0.1, -0.05) is 0 Å². The Balaban J connectivity index is 1.60. The van der Waals surface area contributed by atoms with Gasteiger partial charge in [-0.2, -0.15) is 5.10 Å². The van der Waals surface area contributed by atoms with Crippen LogP contribution in [0.3, 0.4) is 0 Å². The quantitative estimate of drug-likeness (QED) is 0.894. The number of aromatic nitrogens is 2. The fourth-order valence-electron chi connectivity index (χ4n) is 2.65. The first kappa shape index (κ1) is 13.6. The van der Waals surface area contributed by atoms with Crippen LogP contribution in [0.4, 0.5) is 5.69 Å². The second-order valence-corrected chi connectivity index (χ2v) is 6.63. The van der Waals surface area contributed by atoms with Gasteiger partial charge in [-0.25, -0.2) is 4.68 Å². The smallest absolute Gasteiger partial charge is 0.268 e. The number of ether oxygens (including phenoxy) is 1. The van der Waals surface area contributed by atoms with Gasteiger partial charge in [0, 0.05) is 12.6 Å². The lowest BCUT2D eigenvalue weighted by atomic mass is 10.1. The summed E-state index contributed by atoms with van der Waals surface area (Å²) in [7, 11) is 0. The highest BCUT2D eigenvalue weighted by atomic mass is 16.5. The third kappa shape index (κ3) is 3.39. The van der Waals surface area contributed by atoms with Gasteiger partial charge in [-0.05, 0) is 45.4 Å². The van der Waals surface area contributed by atoms with Crippen molar-refractivity contribution in [1.29, 1.82) is 0 Å². The Morgan fingerprint density at radius 2 is 2.25 bits per heavy atom. The molecule has 5 nitrogen and oxygen atoms in total. The predicted octanol–water partition coefficient (Wildman–Crippen LogP) is 2.02. The molecule has 1 aliphatic carbocycles. The molecular formula is C15H23N3O2. The van der Waals surface area contributed by atoms with Crippen LogP contribution in [0.2, 0.25) is 0 Å². The van der Waals surface area contributed by atoms with E-state index in [1.165, 1.54) is 17.5 Å². The van der Waals surface area contributed by atoms with E-state index in [0.29, 0.717) is 6.54 Å². The molecule has 1 saturated carbocycles. The first-order valence-corrected chi connectivity index (χ1v) is 7.51. The molecule has 0 spiro atoms. The first-order valence-electron chi connectivity index (χ1n) is 7.51. The highest BCUT2D eigenvalue weighted by Gasteiger charge is 2.32. The van der Waals surface area contributed by atoms with Gasteiger partial charge in [0.25, 0.3) is 5.56 Å². The predicted molar refractivity (Wildman–Crippen MR) is 77.9 cm³/mol. The van der Waals surface area contributed by atoms with Crippen molar-refractivity contribution in [2.75, 3.05) is 11.9 Å². The summed E-state index contributed by atoms with van der Waals surface area (Å²) in [5.41, 5.74) is 0.699. The fourth-order valence-corrected chi connectivity index (χ4v) is 2.65. The van der Waals surface area contributed by atoms with E-state index in [1.807, 2.05) is 0 Å². The van der Waals surface area contributed by atoms with Gasteiger partial charge >= 0.3 is 0 Å². The maximum Gasteiger partial charge on any atom is 0.268 e. The third-order valence-corrected chi connectivity index (χ3v) is 4.09. The van der Waals surface area contributed by atoms with Crippen molar-refractivity contribution in [1.82, 2.24) is 9.78 Å². The monoisotopic (exact) mass is 277 g/mol. The molecule has 1 aliphatic heterocycles. The molecule has 1 aromatic heterocycles. The Morgan fingerprint density at radius 3 is 2.85 bits per heavy atom. The molecule has 1 saturated heterocycles. The fraction of sp³-hybridized carbons (Fsp3) is 0.733. The summed E-state index contributed by atoms with van der Waals surface area (Å²) < 4.78 is 7.42. The zero-order chi connectivity index (χ0) is 14.2. The van der Waals surface area contributed by atoms with Crippen molar-refractivity contribution < 1.29 is 4.74 Å². The minimum Gasteiger partial charge on any atom is -0.383 e. The topological polar surface area (TPSA) is 56.2 Å². The van der Waals surface area contributed by atoms with Crippen molar-refractivity contribution in [2.24, 2.45) is 5.92 Å². The van der Waals surface area contributed by atoms with Crippen molar-refractivity contribution >= 4 is 5.69 Å². The Bertz CT molecular complexity index is 534. The van der Waals surface area contributed by atoms with Gasteiger partial charge in [0.2, 0.25) is 0 Å². The van der Waals surface area contributed by atoms with Crippen LogP contribution < -0.4 is 10.9 Å². The lowest BCUT2D eigenvalue weighted by Crippen LogP contribution is -2.30. The van der Waals surface area contributed by atoms with Gasteiger partial charge in [0.15, 0.2) is 0 Å². The molecule has 5 heteroatoms. The molecule has 110 valence electrons. The normalized spacial score (nSPS) is 24.8. The average molecular weight is 277 g/mol. The Hall–Kier alpha value is -1.36. The summed E-state index contributed by atoms with van der Waals surface area (Å²) in [5, 5.41) is 7.52. The van der Waals surface area contributed by atoms with Crippen LogP contribution in [-0.4, -0.2) is 28.0 Å².